The molecule has 0 amide bonds. The van der Waals surface area contributed by atoms with Crippen molar-refractivity contribution in [1.82, 2.24) is 5.32 Å². The van der Waals surface area contributed by atoms with Crippen LogP contribution in [0.4, 0.5) is 0 Å². The van der Waals surface area contributed by atoms with E-state index in [0.29, 0.717) is 6.61 Å². The molecule has 0 bridgehead atoms. The predicted molar refractivity (Wildman–Crippen MR) is 53.6 cm³/mol. The molecule has 13 heavy (non-hydrogen) atoms. The Morgan fingerprint density at radius 2 is 2.00 bits per heavy atom. The van der Waals surface area contributed by atoms with Gasteiger partial charge in [-0.2, -0.15) is 0 Å². The van der Waals surface area contributed by atoms with Crippen molar-refractivity contribution < 1.29 is 9.53 Å². The molecule has 0 aromatic carbocycles. The molecule has 78 valence electrons. The number of rotatable bonds is 4. The molecule has 0 fully saturated rings. The first-order chi connectivity index (χ1) is 5.87. The summed E-state index contributed by atoms with van der Waals surface area (Å²) in [5.41, 5.74) is 0.0432. The van der Waals surface area contributed by atoms with Crippen LogP contribution in [-0.4, -0.2) is 25.2 Å². The van der Waals surface area contributed by atoms with Crippen molar-refractivity contribution in [1.29, 1.82) is 0 Å². The number of esters is 1. The molecule has 0 heterocycles. The molecule has 1 atom stereocenters. The molecule has 0 rings (SSSR count). The van der Waals surface area contributed by atoms with Crippen LogP contribution >= 0.6 is 0 Å². The summed E-state index contributed by atoms with van der Waals surface area (Å²) in [6.07, 6.45) is 0. The van der Waals surface area contributed by atoms with Crippen molar-refractivity contribution in [2.75, 3.05) is 13.2 Å². The van der Waals surface area contributed by atoms with E-state index in [4.69, 9.17) is 4.74 Å². The Labute approximate surface area is 80.8 Å². The molecular formula is C10H21NO2. The molecular weight excluding hydrogens is 166 g/mol. The summed E-state index contributed by atoms with van der Waals surface area (Å²) in [5.74, 6) is -0.170. The van der Waals surface area contributed by atoms with Gasteiger partial charge in [0.05, 0.1) is 6.61 Å². The lowest BCUT2D eigenvalue weighted by molar-refractivity contribution is -0.148. The number of hydrogen-bond donors (Lipinski definition) is 1. The monoisotopic (exact) mass is 187 g/mol. The quantitative estimate of drug-likeness (QED) is 0.679. The standard InChI is InChI=1S/C10H21NO2/c1-6-11-8(2)9(12)13-7-10(3,4)5/h8,11H,6-7H2,1-5H3. The van der Waals surface area contributed by atoms with Gasteiger partial charge < -0.3 is 10.1 Å². The van der Waals surface area contributed by atoms with Gasteiger partial charge >= 0.3 is 5.97 Å². The topological polar surface area (TPSA) is 38.3 Å². The SMILES string of the molecule is CCNC(C)C(=O)OCC(C)(C)C. The first-order valence-electron chi connectivity index (χ1n) is 4.77. The van der Waals surface area contributed by atoms with Gasteiger partial charge in [0.15, 0.2) is 0 Å². The highest BCUT2D eigenvalue weighted by atomic mass is 16.5. The van der Waals surface area contributed by atoms with E-state index < -0.39 is 0 Å². The van der Waals surface area contributed by atoms with Crippen molar-refractivity contribution in [2.24, 2.45) is 5.41 Å². The zero-order valence-electron chi connectivity index (χ0n) is 9.31. The van der Waals surface area contributed by atoms with Gasteiger partial charge in [0.2, 0.25) is 0 Å². The van der Waals surface area contributed by atoms with Crippen LogP contribution in [0.25, 0.3) is 0 Å². The van der Waals surface area contributed by atoms with E-state index in [9.17, 15) is 4.79 Å². The Hall–Kier alpha value is -0.570. The Kier molecular flexibility index (Phi) is 4.99. The molecule has 0 aromatic heterocycles. The van der Waals surface area contributed by atoms with Gasteiger partial charge in [-0.25, -0.2) is 0 Å². The van der Waals surface area contributed by atoms with Gasteiger partial charge in [-0.05, 0) is 18.9 Å². The van der Waals surface area contributed by atoms with E-state index in [1.54, 1.807) is 0 Å². The molecule has 3 heteroatoms. The van der Waals surface area contributed by atoms with Crippen LogP contribution in [0.5, 0.6) is 0 Å². The zero-order chi connectivity index (χ0) is 10.5. The Balaban J connectivity index is 3.74. The molecule has 3 nitrogen and oxygen atoms in total. The molecule has 1 unspecified atom stereocenters. The smallest absolute Gasteiger partial charge is 0.322 e. The van der Waals surface area contributed by atoms with Gasteiger partial charge in [-0.1, -0.05) is 27.7 Å². The molecule has 1 N–H and O–H groups in total. The predicted octanol–water partition coefficient (Wildman–Crippen LogP) is 1.57. The number of carbonyl (C=O) groups is 1. The summed E-state index contributed by atoms with van der Waals surface area (Å²) in [6, 6.07) is -0.202. The summed E-state index contributed by atoms with van der Waals surface area (Å²) < 4.78 is 5.12. The lowest BCUT2D eigenvalue weighted by Crippen LogP contribution is -2.36. The Bertz CT molecular complexity index is 161. The molecule has 0 spiro atoms. The molecule has 0 aliphatic heterocycles. The molecule has 0 aliphatic carbocycles. The number of nitrogens with one attached hydrogen (secondary N) is 1. The van der Waals surface area contributed by atoms with E-state index in [-0.39, 0.29) is 17.4 Å². The van der Waals surface area contributed by atoms with Crippen LogP contribution in [0, 0.1) is 5.41 Å². The minimum atomic E-state index is -0.202. The zero-order valence-corrected chi connectivity index (χ0v) is 9.31. The van der Waals surface area contributed by atoms with Crippen LogP contribution in [0.1, 0.15) is 34.6 Å². The van der Waals surface area contributed by atoms with Gasteiger partial charge in [0, 0.05) is 0 Å². The minimum Gasteiger partial charge on any atom is -0.464 e. The number of ether oxygens (including phenoxy) is 1. The van der Waals surface area contributed by atoms with E-state index in [0.717, 1.165) is 6.54 Å². The van der Waals surface area contributed by atoms with Crippen molar-refractivity contribution in [2.45, 2.75) is 40.7 Å². The van der Waals surface area contributed by atoms with Crippen molar-refractivity contribution in [3.63, 3.8) is 0 Å². The fourth-order valence-electron chi connectivity index (χ4n) is 0.802. The van der Waals surface area contributed by atoms with E-state index >= 15 is 0 Å². The van der Waals surface area contributed by atoms with Crippen molar-refractivity contribution >= 4 is 5.97 Å². The fourth-order valence-corrected chi connectivity index (χ4v) is 0.802. The normalized spacial score (nSPS) is 13.9. The minimum absolute atomic E-state index is 0.0432. The lowest BCUT2D eigenvalue weighted by atomic mass is 9.99. The van der Waals surface area contributed by atoms with E-state index in [1.165, 1.54) is 0 Å². The average Bonchev–Trinajstić information content (AvgIpc) is 1.99. The van der Waals surface area contributed by atoms with Crippen LogP contribution in [0.3, 0.4) is 0 Å². The number of likely N-dealkylation sites (N-methyl/N-ethyl adjacent to an activating group) is 1. The van der Waals surface area contributed by atoms with Gasteiger partial charge in [0.1, 0.15) is 6.04 Å². The van der Waals surface area contributed by atoms with E-state index in [2.05, 4.69) is 5.32 Å². The number of carbonyl (C=O) groups excluding carboxylic acids is 1. The highest BCUT2D eigenvalue weighted by molar-refractivity contribution is 5.75. The third kappa shape index (κ3) is 6.58. The van der Waals surface area contributed by atoms with E-state index in [1.807, 2.05) is 34.6 Å². The molecule has 0 aliphatic rings. The summed E-state index contributed by atoms with van der Waals surface area (Å²) in [6.45, 7) is 11.2. The second-order valence-corrected chi connectivity index (χ2v) is 4.45. The van der Waals surface area contributed by atoms with Crippen LogP contribution in [-0.2, 0) is 9.53 Å². The highest BCUT2D eigenvalue weighted by Gasteiger charge is 2.17. The van der Waals surface area contributed by atoms with Crippen molar-refractivity contribution in [3.8, 4) is 0 Å². The maximum atomic E-state index is 11.3. The Morgan fingerprint density at radius 3 is 2.38 bits per heavy atom. The molecule has 0 aromatic rings. The fraction of sp³-hybridized carbons (Fsp3) is 0.900. The van der Waals surface area contributed by atoms with Gasteiger partial charge in [-0.3, -0.25) is 4.79 Å². The third-order valence-corrected chi connectivity index (χ3v) is 1.51. The number of hydrogen-bond acceptors (Lipinski definition) is 3. The first kappa shape index (κ1) is 12.4. The summed E-state index contributed by atoms with van der Waals surface area (Å²) in [7, 11) is 0. The summed E-state index contributed by atoms with van der Waals surface area (Å²) in [4.78, 5) is 11.3. The first-order valence-corrected chi connectivity index (χ1v) is 4.77. The maximum Gasteiger partial charge on any atom is 0.322 e. The van der Waals surface area contributed by atoms with Gasteiger partial charge in [0.25, 0.3) is 0 Å². The molecule has 0 radical (unpaired) electrons. The lowest BCUT2D eigenvalue weighted by Gasteiger charge is -2.19. The highest BCUT2D eigenvalue weighted by Crippen LogP contribution is 2.13. The van der Waals surface area contributed by atoms with Gasteiger partial charge in [-0.15, -0.1) is 0 Å². The summed E-state index contributed by atoms with van der Waals surface area (Å²) >= 11 is 0. The summed E-state index contributed by atoms with van der Waals surface area (Å²) in [5, 5.41) is 3.01. The molecule has 0 saturated heterocycles. The Morgan fingerprint density at radius 1 is 1.46 bits per heavy atom. The third-order valence-electron chi connectivity index (χ3n) is 1.51. The molecule has 0 saturated carbocycles. The second-order valence-electron chi connectivity index (χ2n) is 4.45. The van der Waals surface area contributed by atoms with Crippen LogP contribution in [0.15, 0.2) is 0 Å². The van der Waals surface area contributed by atoms with Crippen LogP contribution in [0.2, 0.25) is 0 Å². The maximum absolute atomic E-state index is 11.3. The second kappa shape index (κ2) is 5.22. The van der Waals surface area contributed by atoms with Crippen molar-refractivity contribution in [3.05, 3.63) is 0 Å². The largest absolute Gasteiger partial charge is 0.464 e. The van der Waals surface area contributed by atoms with Crippen LogP contribution < -0.4 is 5.32 Å². The average molecular weight is 187 g/mol.